The van der Waals surface area contributed by atoms with Gasteiger partial charge in [-0.05, 0) is 35.9 Å². The van der Waals surface area contributed by atoms with Gasteiger partial charge in [0.15, 0.2) is 11.5 Å². The third-order valence-electron chi connectivity index (χ3n) is 5.24. The quantitative estimate of drug-likeness (QED) is 0.531. The Kier molecular flexibility index (Phi) is 10.7. The molecule has 0 aromatic heterocycles. The van der Waals surface area contributed by atoms with Crippen LogP contribution < -0.4 is 14.8 Å². The minimum Gasteiger partial charge on any atom is -0.493 e. The van der Waals surface area contributed by atoms with Crippen molar-refractivity contribution in [2.75, 3.05) is 46.9 Å². The van der Waals surface area contributed by atoms with Gasteiger partial charge in [0.05, 0.1) is 14.2 Å². The number of benzene rings is 2. The highest BCUT2D eigenvalue weighted by Gasteiger charge is 2.38. The summed E-state index contributed by atoms with van der Waals surface area (Å²) in [5, 5.41) is 10.3. The van der Waals surface area contributed by atoms with Gasteiger partial charge in [-0.2, -0.15) is 13.2 Å². The molecule has 1 fully saturated rings. The van der Waals surface area contributed by atoms with Gasteiger partial charge in [0.25, 0.3) is 5.91 Å². The topological polar surface area (TPSA) is 108 Å². The van der Waals surface area contributed by atoms with Gasteiger partial charge in [0, 0.05) is 38.3 Å². The molecule has 37 heavy (non-hydrogen) atoms. The Morgan fingerprint density at radius 3 is 2.08 bits per heavy atom. The van der Waals surface area contributed by atoms with Crippen LogP contribution in [0.1, 0.15) is 15.9 Å². The Morgan fingerprint density at radius 2 is 1.57 bits per heavy atom. The summed E-state index contributed by atoms with van der Waals surface area (Å²) in [7, 11) is 3.02. The summed E-state index contributed by atoms with van der Waals surface area (Å²) >= 11 is 0. The molecular formula is C24H27F4N3O6. The molecule has 2 aromatic carbocycles. The second-order valence-corrected chi connectivity index (χ2v) is 7.79. The summed E-state index contributed by atoms with van der Waals surface area (Å²) in [6, 6.07) is 10.8. The number of carbonyl (C=O) groups is 3. The Hall–Kier alpha value is -3.87. The van der Waals surface area contributed by atoms with E-state index in [-0.39, 0.29) is 30.7 Å². The Labute approximate surface area is 210 Å². The molecule has 0 unspecified atom stereocenters. The van der Waals surface area contributed by atoms with Crippen LogP contribution in [0.25, 0.3) is 0 Å². The fraction of sp³-hybridized carbons (Fsp3) is 0.375. The van der Waals surface area contributed by atoms with Gasteiger partial charge < -0.3 is 29.7 Å². The van der Waals surface area contributed by atoms with Crippen molar-refractivity contribution in [1.82, 2.24) is 15.1 Å². The first kappa shape index (κ1) is 29.4. The van der Waals surface area contributed by atoms with Gasteiger partial charge in [-0.3, -0.25) is 9.59 Å². The molecular weight excluding hydrogens is 502 g/mol. The second kappa shape index (κ2) is 13.4. The number of aliphatic carboxylic acids is 1. The Bertz CT molecular complexity index is 1070. The molecule has 1 saturated heterocycles. The van der Waals surface area contributed by atoms with E-state index in [1.165, 1.54) is 31.3 Å². The van der Waals surface area contributed by atoms with E-state index in [2.05, 4.69) is 5.32 Å². The van der Waals surface area contributed by atoms with E-state index in [0.29, 0.717) is 30.2 Å². The van der Waals surface area contributed by atoms with Crippen molar-refractivity contribution in [3.8, 4) is 11.5 Å². The lowest BCUT2D eigenvalue weighted by Gasteiger charge is -2.30. The number of hydrogen-bond acceptors (Lipinski definition) is 6. The van der Waals surface area contributed by atoms with Gasteiger partial charge in [0.2, 0.25) is 5.91 Å². The zero-order chi connectivity index (χ0) is 27.6. The first-order chi connectivity index (χ1) is 17.5. The van der Waals surface area contributed by atoms with Crippen LogP contribution in [0.2, 0.25) is 0 Å². The van der Waals surface area contributed by atoms with Gasteiger partial charge >= 0.3 is 12.1 Å². The molecule has 0 aliphatic carbocycles. The number of amides is 2. The molecule has 0 spiro atoms. The highest BCUT2D eigenvalue weighted by molar-refractivity contribution is 5.97. The molecule has 13 heteroatoms. The Balaban J connectivity index is 0.000000604. The maximum atomic E-state index is 13.3. The fourth-order valence-corrected chi connectivity index (χ4v) is 3.34. The van der Waals surface area contributed by atoms with E-state index in [1.54, 1.807) is 35.2 Å². The maximum Gasteiger partial charge on any atom is 0.490 e. The number of carboxylic acids is 1. The third-order valence-corrected chi connectivity index (χ3v) is 5.24. The summed E-state index contributed by atoms with van der Waals surface area (Å²) in [6.45, 7) is 2.79. The summed E-state index contributed by atoms with van der Waals surface area (Å²) < 4.78 is 55.5. The first-order valence-corrected chi connectivity index (χ1v) is 11.0. The number of carboxylic acid groups (broad SMARTS) is 1. The van der Waals surface area contributed by atoms with Crippen LogP contribution in [-0.2, 0) is 16.1 Å². The summed E-state index contributed by atoms with van der Waals surface area (Å²) in [5.41, 5.74) is 1.11. The van der Waals surface area contributed by atoms with Crippen LogP contribution >= 0.6 is 0 Å². The van der Waals surface area contributed by atoms with E-state index < -0.39 is 12.1 Å². The van der Waals surface area contributed by atoms with Crippen molar-refractivity contribution in [2.45, 2.75) is 12.7 Å². The Morgan fingerprint density at radius 1 is 1.00 bits per heavy atom. The summed E-state index contributed by atoms with van der Waals surface area (Å²) in [6.07, 6.45) is -5.08. The van der Waals surface area contributed by atoms with Crippen LogP contribution in [0, 0.1) is 5.82 Å². The number of nitrogens with one attached hydrogen (secondary N) is 1. The standard InChI is InChI=1S/C22H26FN3O4.C2HF3O2/c1-29-19-8-5-17(13-20(19)30-2)22(28)26(14-16-3-6-18(23)7-4-16)15-21(27)25-11-9-24-10-12-25;3-2(4,5)1(6)7/h3-8,13,24H,9-12,14-15H2,1-2H3;(H,6,7). The zero-order valence-corrected chi connectivity index (χ0v) is 20.2. The van der Waals surface area contributed by atoms with Gasteiger partial charge in [-0.25, -0.2) is 9.18 Å². The predicted octanol–water partition coefficient (Wildman–Crippen LogP) is 2.55. The van der Waals surface area contributed by atoms with Crippen molar-refractivity contribution >= 4 is 17.8 Å². The highest BCUT2D eigenvalue weighted by Crippen LogP contribution is 2.28. The number of alkyl halides is 3. The number of ether oxygens (including phenoxy) is 2. The monoisotopic (exact) mass is 529 g/mol. The van der Waals surface area contributed by atoms with E-state index in [0.717, 1.165) is 18.7 Å². The average Bonchev–Trinajstić information content (AvgIpc) is 2.89. The first-order valence-electron chi connectivity index (χ1n) is 11.0. The van der Waals surface area contributed by atoms with Gasteiger partial charge in [0.1, 0.15) is 12.4 Å². The molecule has 2 N–H and O–H groups in total. The summed E-state index contributed by atoms with van der Waals surface area (Å²) in [5.74, 6) is -2.60. The molecule has 2 amide bonds. The highest BCUT2D eigenvalue weighted by atomic mass is 19.4. The molecule has 1 aliphatic rings. The maximum absolute atomic E-state index is 13.3. The molecule has 202 valence electrons. The van der Waals surface area contributed by atoms with E-state index in [1.807, 2.05) is 0 Å². The molecule has 0 saturated carbocycles. The van der Waals surface area contributed by atoms with Crippen LogP contribution in [0.5, 0.6) is 11.5 Å². The van der Waals surface area contributed by atoms with Crippen LogP contribution in [0.4, 0.5) is 17.6 Å². The normalized spacial score (nSPS) is 13.2. The van der Waals surface area contributed by atoms with Crippen molar-refractivity contribution in [3.05, 3.63) is 59.4 Å². The van der Waals surface area contributed by atoms with Crippen LogP contribution in [-0.4, -0.2) is 85.8 Å². The molecule has 9 nitrogen and oxygen atoms in total. The van der Waals surface area contributed by atoms with E-state index >= 15 is 0 Å². The molecule has 1 aliphatic heterocycles. The fourth-order valence-electron chi connectivity index (χ4n) is 3.34. The van der Waals surface area contributed by atoms with Crippen molar-refractivity contribution in [1.29, 1.82) is 0 Å². The predicted molar refractivity (Wildman–Crippen MR) is 124 cm³/mol. The minimum absolute atomic E-state index is 0.0649. The molecule has 1 heterocycles. The van der Waals surface area contributed by atoms with Crippen molar-refractivity contribution < 1.29 is 46.5 Å². The van der Waals surface area contributed by atoms with Crippen LogP contribution in [0.15, 0.2) is 42.5 Å². The van der Waals surface area contributed by atoms with Crippen LogP contribution in [0.3, 0.4) is 0 Å². The lowest BCUT2D eigenvalue weighted by atomic mass is 10.1. The van der Waals surface area contributed by atoms with Crippen molar-refractivity contribution in [3.63, 3.8) is 0 Å². The lowest BCUT2D eigenvalue weighted by Crippen LogP contribution is -2.50. The SMILES string of the molecule is COc1ccc(C(=O)N(CC(=O)N2CCNCC2)Cc2ccc(F)cc2)cc1OC.O=C(O)C(F)(F)F. The smallest absolute Gasteiger partial charge is 0.490 e. The average molecular weight is 529 g/mol. The number of nitrogens with zero attached hydrogens (tertiary/aromatic N) is 2. The molecule has 0 bridgehead atoms. The number of piperazine rings is 1. The number of halogens is 4. The van der Waals surface area contributed by atoms with Gasteiger partial charge in [-0.15, -0.1) is 0 Å². The molecule has 0 radical (unpaired) electrons. The molecule has 2 aromatic rings. The number of hydrogen-bond donors (Lipinski definition) is 2. The van der Waals surface area contributed by atoms with E-state index in [4.69, 9.17) is 19.4 Å². The number of carbonyl (C=O) groups excluding carboxylic acids is 2. The molecule has 3 rings (SSSR count). The summed E-state index contributed by atoms with van der Waals surface area (Å²) in [4.78, 5) is 38.2. The minimum atomic E-state index is -5.08. The second-order valence-electron chi connectivity index (χ2n) is 7.79. The van der Waals surface area contributed by atoms with Gasteiger partial charge in [-0.1, -0.05) is 12.1 Å². The largest absolute Gasteiger partial charge is 0.493 e. The third kappa shape index (κ3) is 8.94. The number of rotatable bonds is 7. The van der Waals surface area contributed by atoms with Crippen molar-refractivity contribution in [2.24, 2.45) is 0 Å². The number of methoxy groups -OCH3 is 2. The molecule has 0 atom stereocenters. The zero-order valence-electron chi connectivity index (χ0n) is 20.2. The lowest BCUT2D eigenvalue weighted by molar-refractivity contribution is -0.192. The van der Waals surface area contributed by atoms with E-state index in [9.17, 15) is 27.2 Å².